The van der Waals surface area contributed by atoms with Crippen LogP contribution >= 0.6 is 27.2 Å². The first kappa shape index (κ1) is 15.3. The molecule has 0 aliphatic carbocycles. The van der Waals surface area contributed by atoms with E-state index in [0.29, 0.717) is 9.49 Å². The summed E-state index contributed by atoms with van der Waals surface area (Å²) >= 11 is 9.88. The number of hydrogen-bond acceptors (Lipinski definition) is 3. The Morgan fingerprint density at radius 3 is 1.36 bits per heavy atom. The molecule has 0 nitrogen and oxygen atoms in total. The van der Waals surface area contributed by atoms with E-state index in [0.717, 1.165) is 6.16 Å². The molecule has 0 unspecified atom stereocenters. The fourth-order valence-corrected chi connectivity index (χ4v) is 17.2. The predicted octanol–water partition coefficient (Wildman–Crippen LogP) is 5.38. The third-order valence-corrected chi connectivity index (χ3v) is 13.6. The van der Waals surface area contributed by atoms with Crippen molar-refractivity contribution in [1.82, 2.24) is 0 Å². The van der Waals surface area contributed by atoms with Crippen LogP contribution in [0.15, 0.2) is 0 Å². The summed E-state index contributed by atoms with van der Waals surface area (Å²) in [6.45, 7) is 15.8. The maximum absolute atomic E-state index is 5.84. The van der Waals surface area contributed by atoms with Gasteiger partial charge in [-0.25, -0.2) is 0 Å². The summed E-state index contributed by atoms with van der Waals surface area (Å²) in [5.41, 5.74) is 0. The zero-order valence-corrected chi connectivity index (χ0v) is 13.7. The minimum atomic E-state index is -1.28. The Morgan fingerprint density at radius 1 is 0.929 bits per heavy atom. The van der Waals surface area contributed by atoms with Gasteiger partial charge in [0.15, 0.2) is 0 Å². The highest BCUT2D eigenvalue weighted by Crippen LogP contribution is 2.75. The molecular weight excluding hydrogens is 247 g/mol. The average molecular weight is 270 g/mol. The molecule has 0 radical (unpaired) electrons. The van der Waals surface area contributed by atoms with Crippen LogP contribution in [0.1, 0.15) is 48.5 Å². The maximum Gasteiger partial charge on any atom is 0.0579 e. The van der Waals surface area contributed by atoms with Crippen LogP contribution in [0.5, 0.6) is 0 Å². The van der Waals surface area contributed by atoms with Crippen LogP contribution in [0.2, 0.25) is 0 Å². The lowest BCUT2D eigenvalue weighted by Crippen LogP contribution is -2.10. The monoisotopic (exact) mass is 270 g/mol. The lowest BCUT2D eigenvalue weighted by Gasteiger charge is -2.32. The van der Waals surface area contributed by atoms with Gasteiger partial charge in [0.2, 0.25) is 0 Å². The van der Waals surface area contributed by atoms with Crippen LogP contribution in [0.3, 0.4) is 0 Å². The van der Waals surface area contributed by atoms with Gasteiger partial charge in [-0.05, 0) is 6.16 Å². The van der Waals surface area contributed by atoms with Crippen LogP contribution in [0.4, 0.5) is 0 Å². The zero-order chi connectivity index (χ0) is 11.6. The molecule has 0 N–H and O–H groups in total. The van der Waals surface area contributed by atoms with Gasteiger partial charge >= 0.3 is 0 Å². The smallest absolute Gasteiger partial charge is 0.0579 e. The van der Waals surface area contributed by atoms with Crippen molar-refractivity contribution in [2.45, 2.75) is 58.0 Å². The van der Waals surface area contributed by atoms with Crippen molar-refractivity contribution in [3.05, 3.63) is 0 Å². The van der Waals surface area contributed by atoms with Crippen LogP contribution in [0, 0.1) is 0 Å². The van der Waals surface area contributed by atoms with Gasteiger partial charge < -0.3 is 0 Å². The molecule has 14 heavy (non-hydrogen) atoms. The molecule has 0 fully saturated rings. The van der Waals surface area contributed by atoms with Crippen LogP contribution < -0.4 is 0 Å². The Balaban J connectivity index is 4.59. The van der Waals surface area contributed by atoms with Crippen molar-refractivity contribution < 1.29 is 0 Å². The molecule has 0 saturated carbocycles. The van der Waals surface area contributed by atoms with E-state index in [9.17, 15) is 0 Å². The summed E-state index contributed by atoms with van der Waals surface area (Å²) in [4.78, 5) is 0. The van der Waals surface area contributed by atoms with Gasteiger partial charge in [-0.3, -0.25) is 0 Å². The lowest BCUT2D eigenvalue weighted by atomic mass is 10.3. The highest BCUT2D eigenvalue weighted by molar-refractivity contribution is 9.01. The summed E-state index contributed by atoms with van der Waals surface area (Å²) in [7, 11) is 0. The van der Waals surface area contributed by atoms with Gasteiger partial charge in [0, 0.05) is 9.49 Å². The van der Waals surface area contributed by atoms with Crippen molar-refractivity contribution in [3.63, 3.8) is 0 Å². The third-order valence-electron chi connectivity index (χ3n) is 1.21. The quantitative estimate of drug-likeness (QED) is 0.632. The molecule has 0 bridgehead atoms. The Kier molecular flexibility index (Phi) is 5.61. The SMILES string of the molecule is CCP(=S)(SC(C)(C)C)SC(C)(C)C. The highest BCUT2D eigenvalue weighted by Gasteiger charge is 2.29. The maximum atomic E-state index is 5.84. The van der Waals surface area contributed by atoms with Crippen molar-refractivity contribution in [3.8, 4) is 0 Å². The van der Waals surface area contributed by atoms with E-state index in [-0.39, 0.29) is 0 Å². The first-order chi connectivity index (χ1) is 5.97. The normalized spacial score (nSPS) is 14.5. The van der Waals surface area contributed by atoms with Crippen molar-refractivity contribution in [2.24, 2.45) is 0 Å². The van der Waals surface area contributed by atoms with E-state index in [4.69, 9.17) is 11.8 Å². The Morgan fingerprint density at radius 2 is 1.21 bits per heavy atom. The van der Waals surface area contributed by atoms with Gasteiger partial charge in [0.05, 0.1) is 4.44 Å². The Bertz CT molecular complexity index is 203. The van der Waals surface area contributed by atoms with E-state index in [1.807, 2.05) is 22.8 Å². The van der Waals surface area contributed by atoms with E-state index in [1.165, 1.54) is 0 Å². The van der Waals surface area contributed by atoms with Crippen molar-refractivity contribution in [1.29, 1.82) is 0 Å². The summed E-state index contributed by atoms with van der Waals surface area (Å²) in [6, 6.07) is 0. The van der Waals surface area contributed by atoms with Gasteiger partial charge in [-0.1, -0.05) is 60.3 Å². The summed E-state index contributed by atoms with van der Waals surface area (Å²) in [6.07, 6.45) is 1.15. The fraction of sp³-hybridized carbons (Fsp3) is 1.00. The molecule has 0 aromatic rings. The van der Waals surface area contributed by atoms with Gasteiger partial charge in [0.1, 0.15) is 0 Å². The molecule has 0 spiro atoms. The largest absolute Gasteiger partial charge is 0.108 e. The molecule has 4 heteroatoms. The number of rotatable bonds is 3. The van der Waals surface area contributed by atoms with E-state index in [1.54, 1.807) is 0 Å². The second kappa shape index (κ2) is 5.12. The van der Waals surface area contributed by atoms with Crippen LogP contribution in [-0.4, -0.2) is 15.7 Å². The standard InChI is InChI=1S/C10H23PS3/c1-8-11(12,13-9(2,3)4)14-10(5,6)7/h8H2,1-7H3. The van der Waals surface area contributed by atoms with E-state index in [2.05, 4.69) is 48.5 Å². The van der Waals surface area contributed by atoms with Crippen molar-refractivity contribution >= 4 is 39.0 Å². The Hall–Kier alpha value is 1.35. The summed E-state index contributed by atoms with van der Waals surface area (Å²) < 4.78 is -0.686. The summed E-state index contributed by atoms with van der Waals surface area (Å²) in [5.74, 6) is 0. The molecule has 0 rings (SSSR count). The first-order valence-electron chi connectivity index (χ1n) is 4.98. The molecule has 86 valence electrons. The zero-order valence-electron chi connectivity index (χ0n) is 10.4. The second-order valence-corrected chi connectivity index (χ2v) is 18.8. The molecule has 0 aromatic carbocycles. The molecule has 0 atom stereocenters. The van der Waals surface area contributed by atoms with Crippen LogP contribution in [0.25, 0.3) is 0 Å². The predicted molar refractivity (Wildman–Crippen MR) is 79.5 cm³/mol. The first-order valence-corrected chi connectivity index (χ1v) is 10.8. The van der Waals surface area contributed by atoms with Gasteiger partial charge in [-0.15, -0.1) is 22.8 Å². The molecular formula is C10H23PS3. The topological polar surface area (TPSA) is 0 Å². The third kappa shape index (κ3) is 7.62. The molecule has 0 aromatic heterocycles. The lowest BCUT2D eigenvalue weighted by molar-refractivity contribution is 0.808. The molecule has 0 aliphatic rings. The van der Waals surface area contributed by atoms with E-state index < -0.39 is 4.44 Å². The summed E-state index contributed by atoms with van der Waals surface area (Å²) in [5, 5.41) is 0. The fourth-order valence-electron chi connectivity index (χ4n) is 0.982. The Labute approximate surface area is 103 Å². The van der Waals surface area contributed by atoms with Crippen LogP contribution in [-0.2, 0) is 11.8 Å². The van der Waals surface area contributed by atoms with Gasteiger partial charge in [-0.2, -0.15) is 0 Å². The van der Waals surface area contributed by atoms with Gasteiger partial charge in [0.25, 0.3) is 0 Å². The number of hydrogen-bond donors (Lipinski definition) is 0. The minimum absolute atomic E-state index is 0.295. The highest BCUT2D eigenvalue weighted by atomic mass is 33.2. The van der Waals surface area contributed by atoms with Crippen molar-refractivity contribution in [2.75, 3.05) is 6.16 Å². The average Bonchev–Trinajstić information content (AvgIpc) is 1.78. The molecule has 0 saturated heterocycles. The van der Waals surface area contributed by atoms with E-state index >= 15 is 0 Å². The minimum Gasteiger partial charge on any atom is -0.108 e. The molecule has 0 heterocycles. The second-order valence-electron chi connectivity index (χ2n) is 5.33. The molecule has 0 aliphatic heterocycles. The molecule has 0 amide bonds.